The molecule has 0 saturated carbocycles. The molecule has 0 bridgehead atoms. The molecule has 1 heterocycles. The van der Waals surface area contributed by atoms with Crippen LogP contribution in [0.2, 0.25) is 0 Å². The van der Waals surface area contributed by atoms with E-state index < -0.39 is 0 Å². The highest BCUT2D eigenvalue weighted by atomic mass is 16.2. The van der Waals surface area contributed by atoms with Gasteiger partial charge in [0.15, 0.2) is 0 Å². The van der Waals surface area contributed by atoms with Crippen LogP contribution in [0.3, 0.4) is 0 Å². The smallest absolute Gasteiger partial charge is 0.267 e. The van der Waals surface area contributed by atoms with E-state index in [0.717, 1.165) is 16.7 Å². The molecule has 1 amide bonds. The predicted molar refractivity (Wildman–Crippen MR) is 95.0 cm³/mol. The first-order chi connectivity index (χ1) is 11.7. The quantitative estimate of drug-likeness (QED) is 0.591. The number of aromatic nitrogens is 1. The zero-order chi connectivity index (χ0) is 16.8. The summed E-state index contributed by atoms with van der Waals surface area (Å²) < 4.78 is 0. The van der Waals surface area contributed by atoms with E-state index in [2.05, 4.69) is 15.5 Å². The number of amides is 1. The number of nitrogens with zero attached hydrogens (tertiary/aromatic N) is 2. The highest BCUT2D eigenvalue weighted by molar-refractivity contribution is 6.13. The number of aryl methyl sites for hydroxylation is 1. The van der Waals surface area contributed by atoms with Crippen molar-refractivity contribution >= 4 is 11.6 Å². The topological polar surface area (TPSA) is 54.4 Å². The summed E-state index contributed by atoms with van der Waals surface area (Å²) in [6.45, 7) is 1.98. The zero-order valence-electron chi connectivity index (χ0n) is 13.3. The van der Waals surface area contributed by atoms with Gasteiger partial charge in [-0.3, -0.25) is 9.78 Å². The summed E-state index contributed by atoms with van der Waals surface area (Å²) in [6, 6.07) is 20.8. The molecule has 0 unspecified atom stereocenters. The maximum absolute atomic E-state index is 12.3. The number of hydrogen-bond acceptors (Lipinski definition) is 3. The SMILES string of the molecule is Cc1ccc(C(=O)N/N=C(\c2ccccc2)c2ccncc2)cc1. The fraction of sp³-hybridized carbons (Fsp3) is 0.0500. The van der Waals surface area contributed by atoms with E-state index in [0.29, 0.717) is 11.3 Å². The van der Waals surface area contributed by atoms with Gasteiger partial charge in [-0.05, 0) is 31.2 Å². The van der Waals surface area contributed by atoms with Crippen LogP contribution in [0.25, 0.3) is 0 Å². The lowest BCUT2D eigenvalue weighted by Gasteiger charge is -2.08. The number of pyridine rings is 1. The molecule has 1 N–H and O–H groups in total. The van der Waals surface area contributed by atoms with Gasteiger partial charge in [0, 0.05) is 29.1 Å². The third kappa shape index (κ3) is 3.73. The van der Waals surface area contributed by atoms with Crippen LogP contribution < -0.4 is 5.43 Å². The zero-order valence-corrected chi connectivity index (χ0v) is 13.3. The molecule has 2 aromatic carbocycles. The summed E-state index contributed by atoms with van der Waals surface area (Å²) >= 11 is 0. The van der Waals surface area contributed by atoms with Crippen molar-refractivity contribution in [1.29, 1.82) is 0 Å². The number of carbonyl (C=O) groups excluding carboxylic acids is 1. The normalized spacial score (nSPS) is 11.1. The largest absolute Gasteiger partial charge is 0.271 e. The van der Waals surface area contributed by atoms with Crippen molar-refractivity contribution in [2.75, 3.05) is 0 Å². The average Bonchev–Trinajstić information content (AvgIpc) is 2.64. The Morgan fingerprint density at radius 1 is 0.833 bits per heavy atom. The molecule has 24 heavy (non-hydrogen) atoms. The number of benzene rings is 2. The summed E-state index contributed by atoms with van der Waals surface area (Å²) in [5.41, 5.74) is 6.83. The van der Waals surface area contributed by atoms with Gasteiger partial charge in [-0.2, -0.15) is 5.10 Å². The van der Waals surface area contributed by atoms with Crippen LogP contribution in [0.4, 0.5) is 0 Å². The number of rotatable bonds is 4. The number of hydrogen-bond donors (Lipinski definition) is 1. The minimum atomic E-state index is -0.238. The van der Waals surface area contributed by atoms with Crippen molar-refractivity contribution in [1.82, 2.24) is 10.4 Å². The van der Waals surface area contributed by atoms with E-state index in [-0.39, 0.29) is 5.91 Å². The maximum Gasteiger partial charge on any atom is 0.271 e. The van der Waals surface area contributed by atoms with Gasteiger partial charge < -0.3 is 0 Å². The Morgan fingerprint density at radius 3 is 2.12 bits per heavy atom. The van der Waals surface area contributed by atoms with Gasteiger partial charge in [0.25, 0.3) is 5.91 Å². The van der Waals surface area contributed by atoms with Gasteiger partial charge in [0.05, 0.1) is 5.71 Å². The molecule has 0 aliphatic carbocycles. The fourth-order valence-corrected chi connectivity index (χ4v) is 2.28. The van der Waals surface area contributed by atoms with Crippen LogP contribution in [0, 0.1) is 6.92 Å². The van der Waals surface area contributed by atoms with Crippen molar-refractivity contribution in [3.63, 3.8) is 0 Å². The van der Waals surface area contributed by atoms with E-state index in [9.17, 15) is 4.79 Å². The molecule has 0 atom stereocenters. The van der Waals surface area contributed by atoms with Gasteiger partial charge in [-0.15, -0.1) is 0 Å². The van der Waals surface area contributed by atoms with Crippen molar-refractivity contribution in [2.45, 2.75) is 6.92 Å². The first-order valence-corrected chi connectivity index (χ1v) is 7.64. The van der Waals surface area contributed by atoms with Crippen LogP contribution in [-0.4, -0.2) is 16.6 Å². The number of nitrogens with one attached hydrogen (secondary N) is 1. The Hall–Kier alpha value is -3.27. The van der Waals surface area contributed by atoms with Crippen molar-refractivity contribution in [3.05, 3.63) is 101 Å². The molecule has 1 aromatic heterocycles. The van der Waals surface area contributed by atoms with Crippen LogP contribution in [-0.2, 0) is 0 Å². The molecule has 4 heteroatoms. The van der Waals surface area contributed by atoms with Gasteiger partial charge >= 0.3 is 0 Å². The minimum Gasteiger partial charge on any atom is -0.267 e. The van der Waals surface area contributed by atoms with E-state index in [1.165, 1.54) is 0 Å². The Morgan fingerprint density at radius 2 is 1.46 bits per heavy atom. The Kier molecular flexibility index (Phi) is 4.77. The van der Waals surface area contributed by atoms with Crippen LogP contribution in [0.5, 0.6) is 0 Å². The van der Waals surface area contributed by atoms with E-state index in [4.69, 9.17) is 0 Å². The van der Waals surface area contributed by atoms with Gasteiger partial charge in [0.2, 0.25) is 0 Å². The molecule has 3 rings (SSSR count). The van der Waals surface area contributed by atoms with Crippen molar-refractivity contribution in [2.24, 2.45) is 5.10 Å². The summed E-state index contributed by atoms with van der Waals surface area (Å²) in [5.74, 6) is -0.238. The maximum atomic E-state index is 12.3. The second kappa shape index (κ2) is 7.33. The van der Waals surface area contributed by atoms with Crippen LogP contribution >= 0.6 is 0 Å². The first-order valence-electron chi connectivity index (χ1n) is 7.64. The minimum absolute atomic E-state index is 0.238. The van der Waals surface area contributed by atoms with Crippen LogP contribution in [0.1, 0.15) is 27.0 Å². The molecular formula is C20H17N3O. The molecular weight excluding hydrogens is 298 g/mol. The second-order valence-corrected chi connectivity index (χ2v) is 5.37. The van der Waals surface area contributed by atoms with E-state index in [1.54, 1.807) is 24.5 Å². The third-order valence-corrected chi connectivity index (χ3v) is 3.58. The molecule has 4 nitrogen and oxygen atoms in total. The summed E-state index contributed by atoms with van der Waals surface area (Å²) in [7, 11) is 0. The standard InChI is InChI=1S/C20H17N3O/c1-15-7-9-18(10-8-15)20(24)23-22-19(16-5-3-2-4-6-16)17-11-13-21-14-12-17/h2-14H,1H3,(H,23,24)/b22-19+. The van der Waals surface area contributed by atoms with E-state index >= 15 is 0 Å². The van der Waals surface area contributed by atoms with Crippen molar-refractivity contribution in [3.8, 4) is 0 Å². The lowest BCUT2D eigenvalue weighted by Crippen LogP contribution is -2.20. The monoisotopic (exact) mass is 315 g/mol. The molecule has 0 spiro atoms. The van der Waals surface area contributed by atoms with Crippen molar-refractivity contribution < 1.29 is 4.79 Å². The Bertz CT molecular complexity index is 800. The van der Waals surface area contributed by atoms with Gasteiger partial charge in [-0.1, -0.05) is 48.0 Å². The van der Waals surface area contributed by atoms with Crippen LogP contribution in [0.15, 0.2) is 84.2 Å². The molecule has 3 aromatic rings. The third-order valence-electron chi connectivity index (χ3n) is 3.58. The first kappa shape index (κ1) is 15.6. The summed E-state index contributed by atoms with van der Waals surface area (Å²) in [4.78, 5) is 16.3. The Labute approximate surface area is 140 Å². The lowest BCUT2D eigenvalue weighted by molar-refractivity contribution is 0.0955. The molecule has 118 valence electrons. The average molecular weight is 315 g/mol. The van der Waals surface area contributed by atoms with E-state index in [1.807, 2.05) is 61.5 Å². The number of carbonyl (C=O) groups is 1. The molecule has 0 aliphatic rings. The Balaban J connectivity index is 1.90. The molecule has 0 fully saturated rings. The predicted octanol–water partition coefficient (Wildman–Crippen LogP) is 3.57. The highest BCUT2D eigenvalue weighted by Crippen LogP contribution is 2.10. The summed E-state index contributed by atoms with van der Waals surface area (Å²) in [5, 5.41) is 4.35. The van der Waals surface area contributed by atoms with Gasteiger partial charge in [-0.25, -0.2) is 5.43 Å². The second-order valence-electron chi connectivity index (χ2n) is 5.37. The molecule has 0 saturated heterocycles. The molecule has 0 radical (unpaired) electrons. The fourth-order valence-electron chi connectivity index (χ4n) is 2.28. The lowest BCUT2D eigenvalue weighted by atomic mass is 10.0. The van der Waals surface area contributed by atoms with Gasteiger partial charge in [0.1, 0.15) is 0 Å². The number of hydrazone groups is 1. The highest BCUT2D eigenvalue weighted by Gasteiger charge is 2.09. The molecule has 0 aliphatic heterocycles. The summed E-state index contributed by atoms with van der Waals surface area (Å²) in [6.07, 6.45) is 3.41.